The number of benzene rings is 1. The maximum atomic E-state index is 13.3. The normalized spacial score (nSPS) is 21.6. The second-order valence-corrected chi connectivity index (χ2v) is 5.48. The van der Waals surface area contributed by atoms with Crippen molar-refractivity contribution in [2.75, 3.05) is 0 Å². The number of nitrogens with two attached hydrogens (primary N) is 1. The first-order valence-corrected chi connectivity index (χ1v) is 6.80. The molecular formula is C15H18FN3O. The molecule has 106 valence electrons. The van der Waals surface area contributed by atoms with Crippen molar-refractivity contribution in [2.45, 2.75) is 38.5 Å². The maximum Gasteiger partial charge on any atom is 0.129 e. The number of hydrogen-bond acceptors (Lipinski definition) is 3. The molecule has 2 atom stereocenters. The Morgan fingerprint density at radius 1 is 1.45 bits per heavy atom. The van der Waals surface area contributed by atoms with Crippen LogP contribution in [0.5, 0.6) is 5.75 Å². The minimum absolute atomic E-state index is 0.147. The van der Waals surface area contributed by atoms with Crippen molar-refractivity contribution < 1.29 is 9.13 Å². The quantitative estimate of drug-likeness (QED) is 0.916. The highest BCUT2D eigenvalue weighted by molar-refractivity contribution is 5.39. The van der Waals surface area contributed by atoms with Gasteiger partial charge >= 0.3 is 0 Å². The predicted molar refractivity (Wildman–Crippen MR) is 73.9 cm³/mol. The van der Waals surface area contributed by atoms with Crippen LogP contribution in [0.2, 0.25) is 0 Å². The maximum absolute atomic E-state index is 13.3. The van der Waals surface area contributed by atoms with E-state index in [1.54, 1.807) is 12.3 Å². The molecule has 0 amide bonds. The minimum Gasteiger partial charge on any atom is -0.485 e. The van der Waals surface area contributed by atoms with E-state index >= 15 is 0 Å². The molecule has 0 spiro atoms. The Kier molecular flexibility index (Phi) is 3.22. The summed E-state index contributed by atoms with van der Waals surface area (Å²) in [5.74, 6) is 0.223. The Balaban J connectivity index is 1.90. The summed E-state index contributed by atoms with van der Waals surface area (Å²) in [6.07, 6.45) is 4.25. The fourth-order valence-electron chi connectivity index (χ4n) is 2.48. The van der Waals surface area contributed by atoms with Gasteiger partial charge in [0.2, 0.25) is 0 Å². The van der Waals surface area contributed by atoms with E-state index in [0.29, 0.717) is 18.2 Å². The second-order valence-electron chi connectivity index (χ2n) is 5.48. The van der Waals surface area contributed by atoms with Gasteiger partial charge in [0.05, 0.1) is 6.20 Å². The highest BCUT2D eigenvalue weighted by Gasteiger charge is 2.28. The fraction of sp³-hybridized carbons (Fsp3) is 0.400. The Morgan fingerprint density at radius 3 is 2.95 bits per heavy atom. The fourth-order valence-corrected chi connectivity index (χ4v) is 2.48. The van der Waals surface area contributed by atoms with Crippen LogP contribution in [0.15, 0.2) is 30.6 Å². The number of fused-ring (bicyclic) bond motifs is 1. The molecule has 3 rings (SSSR count). The molecule has 2 heterocycles. The van der Waals surface area contributed by atoms with Gasteiger partial charge in [-0.05, 0) is 19.9 Å². The zero-order valence-corrected chi connectivity index (χ0v) is 11.6. The average molecular weight is 275 g/mol. The minimum atomic E-state index is -0.311. The van der Waals surface area contributed by atoms with E-state index in [1.165, 1.54) is 12.1 Å². The second kappa shape index (κ2) is 4.90. The first-order valence-electron chi connectivity index (χ1n) is 6.80. The van der Waals surface area contributed by atoms with Crippen molar-refractivity contribution in [2.24, 2.45) is 5.73 Å². The van der Waals surface area contributed by atoms with Crippen LogP contribution in [0.25, 0.3) is 0 Å². The standard InChI is InChI=1S/C15H18FN3O/c1-9(2)19-8-10(7-18-19)14-6-13(17)12-4-3-11(16)5-15(12)20-14/h3-5,7-9,13-14H,6,17H2,1-2H3. The monoisotopic (exact) mass is 275 g/mol. The molecule has 0 bridgehead atoms. The van der Waals surface area contributed by atoms with Crippen LogP contribution in [0.4, 0.5) is 4.39 Å². The van der Waals surface area contributed by atoms with Crippen LogP contribution in [0.3, 0.4) is 0 Å². The molecule has 0 saturated heterocycles. The molecule has 1 aromatic heterocycles. The van der Waals surface area contributed by atoms with Crippen LogP contribution in [0, 0.1) is 5.82 Å². The van der Waals surface area contributed by atoms with Crippen molar-refractivity contribution in [3.05, 3.63) is 47.5 Å². The van der Waals surface area contributed by atoms with Crippen molar-refractivity contribution in [1.29, 1.82) is 0 Å². The number of aromatic nitrogens is 2. The van der Waals surface area contributed by atoms with Gasteiger partial charge < -0.3 is 10.5 Å². The number of ether oxygens (including phenoxy) is 1. The zero-order valence-electron chi connectivity index (χ0n) is 11.6. The highest BCUT2D eigenvalue weighted by atomic mass is 19.1. The smallest absolute Gasteiger partial charge is 0.129 e. The summed E-state index contributed by atoms with van der Waals surface area (Å²) in [5.41, 5.74) is 8.00. The lowest BCUT2D eigenvalue weighted by Gasteiger charge is -2.29. The van der Waals surface area contributed by atoms with Gasteiger partial charge in [-0.25, -0.2) is 4.39 Å². The van der Waals surface area contributed by atoms with Gasteiger partial charge in [0, 0.05) is 41.9 Å². The third kappa shape index (κ3) is 2.29. The van der Waals surface area contributed by atoms with Gasteiger partial charge in [-0.3, -0.25) is 4.68 Å². The van der Waals surface area contributed by atoms with Gasteiger partial charge in [0.15, 0.2) is 0 Å². The number of nitrogens with zero attached hydrogens (tertiary/aromatic N) is 2. The Hall–Kier alpha value is -1.88. The number of halogens is 1. The third-order valence-corrected chi connectivity index (χ3v) is 3.63. The number of hydrogen-bond donors (Lipinski definition) is 1. The van der Waals surface area contributed by atoms with E-state index in [2.05, 4.69) is 18.9 Å². The molecule has 4 nitrogen and oxygen atoms in total. The lowest BCUT2D eigenvalue weighted by atomic mass is 9.95. The van der Waals surface area contributed by atoms with E-state index in [1.807, 2.05) is 10.9 Å². The summed E-state index contributed by atoms with van der Waals surface area (Å²) in [7, 11) is 0. The number of rotatable bonds is 2. The summed E-state index contributed by atoms with van der Waals surface area (Å²) in [4.78, 5) is 0. The Morgan fingerprint density at radius 2 is 2.25 bits per heavy atom. The van der Waals surface area contributed by atoms with Crippen molar-refractivity contribution >= 4 is 0 Å². The molecule has 1 aromatic carbocycles. The van der Waals surface area contributed by atoms with E-state index in [-0.39, 0.29) is 18.0 Å². The summed E-state index contributed by atoms with van der Waals surface area (Å²) >= 11 is 0. The molecule has 0 aliphatic carbocycles. The molecule has 0 fully saturated rings. The Labute approximate surface area is 117 Å². The van der Waals surface area contributed by atoms with Crippen LogP contribution >= 0.6 is 0 Å². The van der Waals surface area contributed by atoms with Gasteiger partial charge in [-0.1, -0.05) is 6.07 Å². The van der Waals surface area contributed by atoms with E-state index in [4.69, 9.17) is 10.5 Å². The Bertz CT molecular complexity index is 623. The van der Waals surface area contributed by atoms with Gasteiger partial charge in [0.25, 0.3) is 0 Å². The average Bonchev–Trinajstić information content (AvgIpc) is 2.87. The SMILES string of the molecule is CC(C)n1cc(C2CC(N)c3ccc(F)cc3O2)cn1. The van der Waals surface area contributed by atoms with Gasteiger partial charge in [-0.15, -0.1) is 0 Å². The summed E-state index contributed by atoms with van der Waals surface area (Å²) < 4.78 is 21.1. The lowest BCUT2D eigenvalue weighted by molar-refractivity contribution is 0.160. The molecule has 5 heteroatoms. The molecule has 2 aromatic rings. The van der Waals surface area contributed by atoms with E-state index < -0.39 is 0 Å². The van der Waals surface area contributed by atoms with Crippen molar-refractivity contribution in [3.63, 3.8) is 0 Å². The van der Waals surface area contributed by atoms with E-state index in [0.717, 1.165) is 11.1 Å². The molecule has 0 radical (unpaired) electrons. The van der Waals surface area contributed by atoms with Crippen LogP contribution < -0.4 is 10.5 Å². The largest absolute Gasteiger partial charge is 0.485 e. The summed E-state index contributed by atoms with van der Waals surface area (Å²) in [6.45, 7) is 4.13. The van der Waals surface area contributed by atoms with Gasteiger partial charge in [-0.2, -0.15) is 5.10 Å². The first kappa shape index (κ1) is 13.1. The van der Waals surface area contributed by atoms with Gasteiger partial charge in [0.1, 0.15) is 17.7 Å². The zero-order chi connectivity index (χ0) is 14.3. The third-order valence-electron chi connectivity index (χ3n) is 3.63. The molecule has 2 unspecified atom stereocenters. The molecule has 20 heavy (non-hydrogen) atoms. The van der Waals surface area contributed by atoms with E-state index in [9.17, 15) is 4.39 Å². The molecular weight excluding hydrogens is 257 g/mol. The highest BCUT2D eigenvalue weighted by Crippen LogP contribution is 2.39. The van der Waals surface area contributed by atoms with Crippen LogP contribution in [-0.2, 0) is 0 Å². The first-order chi connectivity index (χ1) is 9.54. The van der Waals surface area contributed by atoms with Crippen LogP contribution in [0.1, 0.15) is 49.6 Å². The topological polar surface area (TPSA) is 53.1 Å². The summed E-state index contributed by atoms with van der Waals surface area (Å²) in [6, 6.07) is 4.66. The molecule has 1 aliphatic heterocycles. The van der Waals surface area contributed by atoms with Crippen molar-refractivity contribution in [1.82, 2.24) is 9.78 Å². The van der Waals surface area contributed by atoms with Crippen LogP contribution in [-0.4, -0.2) is 9.78 Å². The molecule has 2 N–H and O–H groups in total. The molecule has 1 aliphatic rings. The predicted octanol–water partition coefficient (Wildman–Crippen LogP) is 3.13. The molecule has 0 saturated carbocycles. The van der Waals surface area contributed by atoms with Crippen molar-refractivity contribution in [3.8, 4) is 5.75 Å². The summed E-state index contributed by atoms with van der Waals surface area (Å²) in [5, 5.41) is 4.31. The lowest BCUT2D eigenvalue weighted by Crippen LogP contribution is -2.24.